The predicted octanol–water partition coefficient (Wildman–Crippen LogP) is 4.17. The lowest BCUT2D eigenvalue weighted by molar-refractivity contribution is -0.150. The van der Waals surface area contributed by atoms with Gasteiger partial charge in [-0.15, -0.1) is 0 Å². The first kappa shape index (κ1) is 24.3. The molecule has 0 amide bonds. The van der Waals surface area contributed by atoms with Crippen molar-refractivity contribution in [2.45, 2.75) is 26.4 Å². The van der Waals surface area contributed by atoms with Crippen LogP contribution in [0.15, 0.2) is 67.0 Å². The largest absolute Gasteiger partial charge is 0.461 e. The molecule has 1 aromatic carbocycles. The molecule has 3 N–H and O–H groups in total. The number of aromatic nitrogens is 5. The van der Waals surface area contributed by atoms with Crippen molar-refractivity contribution in [3.05, 3.63) is 78.2 Å². The summed E-state index contributed by atoms with van der Waals surface area (Å²) in [5.74, 6) is 2.02. The number of nitrogens with one attached hydrogen (secondary N) is 3. The lowest BCUT2D eigenvalue weighted by Crippen LogP contribution is -2.32. The molecule has 1 fully saturated rings. The topological polar surface area (TPSA) is 127 Å². The van der Waals surface area contributed by atoms with Crippen LogP contribution >= 0.6 is 0 Å². The maximum atomic E-state index is 12.3. The molecular weight excluding hydrogens is 468 g/mol. The van der Waals surface area contributed by atoms with Gasteiger partial charge in [0, 0.05) is 23.8 Å². The van der Waals surface area contributed by atoms with E-state index in [1.54, 1.807) is 24.5 Å². The van der Waals surface area contributed by atoms with E-state index < -0.39 is 0 Å². The lowest BCUT2D eigenvalue weighted by atomic mass is 9.98. The van der Waals surface area contributed by atoms with Crippen LogP contribution in [-0.4, -0.2) is 44.0 Å². The maximum Gasteiger partial charge on any atom is 0.309 e. The van der Waals surface area contributed by atoms with E-state index in [-0.39, 0.29) is 18.5 Å². The molecule has 0 aliphatic carbocycles. The molecule has 0 bridgehead atoms. The van der Waals surface area contributed by atoms with E-state index in [4.69, 9.17) is 4.74 Å². The Bertz CT molecular complexity index is 1360. The first-order chi connectivity index (χ1) is 18.1. The molecule has 4 aromatic rings. The van der Waals surface area contributed by atoms with Gasteiger partial charge in [0.15, 0.2) is 5.82 Å². The molecule has 1 aliphatic heterocycles. The average Bonchev–Trinajstić information content (AvgIpc) is 2.93. The van der Waals surface area contributed by atoms with Crippen molar-refractivity contribution in [2.24, 2.45) is 5.92 Å². The fourth-order valence-corrected chi connectivity index (χ4v) is 3.98. The Kier molecular flexibility index (Phi) is 7.56. The fourth-order valence-electron chi connectivity index (χ4n) is 3.98. The lowest BCUT2D eigenvalue weighted by Gasteiger charge is -2.21. The number of carbonyl (C=O) groups is 1. The number of benzene rings is 1. The van der Waals surface area contributed by atoms with E-state index in [0.717, 1.165) is 42.9 Å². The minimum absolute atomic E-state index is 0.00614. The van der Waals surface area contributed by atoms with E-state index in [1.807, 2.05) is 49.4 Å². The maximum absolute atomic E-state index is 12.3. The van der Waals surface area contributed by atoms with Gasteiger partial charge in [0.05, 0.1) is 5.92 Å². The minimum atomic E-state index is -0.118. The second-order valence-corrected chi connectivity index (χ2v) is 8.77. The third-order valence-electron chi connectivity index (χ3n) is 5.95. The number of pyridine rings is 1. The highest BCUT2D eigenvalue weighted by atomic mass is 16.5. The van der Waals surface area contributed by atoms with Gasteiger partial charge in [-0.2, -0.15) is 4.98 Å². The number of hydrogen-bond donors (Lipinski definition) is 3. The fraction of sp³-hybridized carbons (Fsp3) is 0.259. The van der Waals surface area contributed by atoms with E-state index in [9.17, 15) is 4.79 Å². The minimum Gasteiger partial charge on any atom is -0.461 e. The Hall–Kier alpha value is -4.44. The van der Waals surface area contributed by atoms with Gasteiger partial charge in [0.25, 0.3) is 0 Å². The van der Waals surface area contributed by atoms with E-state index in [2.05, 4.69) is 40.9 Å². The number of nitrogens with zero attached hydrogens (tertiary/aromatic N) is 5. The first-order valence-electron chi connectivity index (χ1n) is 12.2. The molecule has 10 nitrogen and oxygen atoms in total. The zero-order valence-corrected chi connectivity index (χ0v) is 20.5. The Labute approximate surface area is 215 Å². The van der Waals surface area contributed by atoms with Crippen molar-refractivity contribution in [1.82, 2.24) is 30.2 Å². The number of hydrogen-bond acceptors (Lipinski definition) is 10. The van der Waals surface area contributed by atoms with Crippen molar-refractivity contribution in [3.63, 3.8) is 0 Å². The molecule has 10 heteroatoms. The summed E-state index contributed by atoms with van der Waals surface area (Å²) in [7, 11) is 0. The number of esters is 1. The third kappa shape index (κ3) is 6.62. The molecule has 3 aromatic heterocycles. The summed E-state index contributed by atoms with van der Waals surface area (Å²) < 4.78 is 5.51. The van der Waals surface area contributed by atoms with Crippen LogP contribution in [-0.2, 0) is 16.1 Å². The molecule has 0 atom stereocenters. The molecular formula is C27H28N8O2. The Morgan fingerprint density at radius 1 is 0.919 bits per heavy atom. The summed E-state index contributed by atoms with van der Waals surface area (Å²) in [6, 6.07) is 16.9. The monoisotopic (exact) mass is 496 g/mol. The highest BCUT2D eigenvalue weighted by molar-refractivity contribution is 5.72. The summed E-state index contributed by atoms with van der Waals surface area (Å²) in [4.78, 5) is 34.5. The van der Waals surface area contributed by atoms with Crippen molar-refractivity contribution in [2.75, 3.05) is 23.7 Å². The number of piperidine rings is 1. The summed E-state index contributed by atoms with van der Waals surface area (Å²) in [6.07, 6.45) is 5.01. The average molecular weight is 497 g/mol. The number of carbonyl (C=O) groups excluding carboxylic acids is 1. The number of ether oxygens (including phenoxy) is 1. The molecule has 0 spiro atoms. The first-order valence-corrected chi connectivity index (χ1v) is 12.2. The third-order valence-corrected chi connectivity index (χ3v) is 5.95. The SMILES string of the molecule is Cc1cccc(-c2nccc(Nc3ccnc(Nc4ccc(COC(=O)C5CCNCC5)cc4)n3)n2)n1. The van der Waals surface area contributed by atoms with E-state index in [0.29, 0.717) is 29.1 Å². The molecule has 1 saturated heterocycles. The quantitative estimate of drug-likeness (QED) is 0.306. The number of aryl methyl sites for hydroxylation is 1. The van der Waals surface area contributed by atoms with Crippen LogP contribution in [0.5, 0.6) is 0 Å². The van der Waals surface area contributed by atoms with Crippen LogP contribution in [0.25, 0.3) is 11.5 Å². The van der Waals surface area contributed by atoms with Gasteiger partial charge in [0.1, 0.15) is 23.9 Å². The van der Waals surface area contributed by atoms with Gasteiger partial charge in [-0.1, -0.05) is 18.2 Å². The summed E-state index contributed by atoms with van der Waals surface area (Å²) in [6.45, 7) is 3.92. The molecule has 0 saturated carbocycles. The van der Waals surface area contributed by atoms with Crippen molar-refractivity contribution in [1.29, 1.82) is 0 Å². The predicted molar refractivity (Wildman–Crippen MR) is 140 cm³/mol. The Morgan fingerprint density at radius 3 is 2.46 bits per heavy atom. The van der Waals surface area contributed by atoms with Gasteiger partial charge in [-0.25, -0.2) is 19.9 Å². The van der Waals surface area contributed by atoms with Crippen LogP contribution in [0, 0.1) is 12.8 Å². The van der Waals surface area contributed by atoms with Crippen molar-refractivity contribution < 1.29 is 9.53 Å². The van der Waals surface area contributed by atoms with Crippen LogP contribution in [0.2, 0.25) is 0 Å². The smallest absolute Gasteiger partial charge is 0.309 e. The zero-order chi connectivity index (χ0) is 25.5. The van der Waals surface area contributed by atoms with Crippen molar-refractivity contribution >= 4 is 29.2 Å². The Balaban J connectivity index is 1.18. The standard InChI is InChI=1S/C27H28N8O2/c1-18-3-2-4-22(31-18)25-29-15-11-23(34-25)33-24-12-16-30-27(35-24)32-21-7-5-19(6-8-21)17-37-26(36)20-9-13-28-14-10-20/h2-8,11-12,15-16,20,28H,9-10,13-14,17H2,1H3,(H2,29,30,32,33,34,35). The van der Waals surface area contributed by atoms with Crippen LogP contribution < -0.4 is 16.0 Å². The van der Waals surface area contributed by atoms with Gasteiger partial charge >= 0.3 is 5.97 Å². The highest BCUT2D eigenvalue weighted by Gasteiger charge is 2.22. The summed E-state index contributed by atoms with van der Waals surface area (Å²) in [5.41, 5.74) is 3.35. The van der Waals surface area contributed by atoms with Gasteiger partial charge in [-0.3, -0.25) is 4.79 Å². The molecule has 4 heterocycles. The van der Waals surface area contributed by atoms with Gasteiger partial charge < -0.3 is 20.7 Å². The molecule has 0 unspecified atom stereocenters. The molecule has 5 rings (SSSR count). The number of rotatable bonds is 8. The van der Waals surface area contributed by atoms with Crippen LogP contribution in [0.3, 0.4) is 0 Å². The van der Waals surface area contributed by atoms with Gasteiger partial charge in [-0.05, 0) is 74.8 Å². The summed E-state index contributed by atoms with van der Waals surface area (Å²) in [5, 5.41) is 9.65. The second-order valence-electron chi connectivity index (χ2n) is 8.77. The van der Waals surface area contributed by atoms with E-state index >= 15 is 0 Å². The Morgan fingerprint density at radius 2 is 1.68 bits per heavy atom. The highest BCUT2D eigenvalue weighted by Crippen LogP contribution is 2.20. The van der Waals surface area contributed by atoms with Crippen molar-refractivity contribution in [3.8, 4) is 11.5 Å². The van der Waals surface area contributed by atoms with E-state index in [1.165, 1.54) is 0 Å². The molecule has 188 valence electrons. The van der Waals surface area contributed by atoms with Gasteiger partial charge in [0.2, 0.25) is 5.95 Å². The summed E-state index contributed by atoms with van der Waals surface area (Å²) >= 11 is 0. The van der Waals surface area contributed by atoms with Crippen LogP contribution in [0.4, 0.5) is 23.3 Å². The second kappa shape index (κ2) is 11.5. The molecule has 1 aliphatic rings. The normalized spacial score (nSPS) is 13.6. The number of anilines is 4. The van der Waals surface area contributed by atoms with Crippen LogP contribution in [0.1, 0.15) is 24.1 Å². The molecule has 0 radical (unpaired) electrons. The zero-order valence-electron chi connectivity index (χ0n) is 20.5. The molecule has 37 heavy (non-hydrogen) atoms.